The first kappa shape index (κ1) is 35.2. The summed E-state index contributed by atoms with van der Waals surface area (Å²) in [5, 5.41) is 3.69. The largest absolute Gasteiger partial charge is 0.500 e. The Kier molecular flexibility index (Phi) is 10.9. The van der Waals surface area contributed by atoms with E-state index in [0.29, 0.717) is 0 Å². The third-order valence-electron chi connectivity index (χ3n) is 8.16. The van der Waals surface area contributed by atoms with Crippen LogP contribution in [0.25, 0.3) is 44.5 Å². The molecule has 0 N–H and O–H groups in total. The molecule has 0 bridgehead atoms. The molecule has 0 aliphatic rings. The fourth-order valence-electron chi connectivity index (χ4n) is 6.00. The van der Waals surface area contributed by atoms with Crippen LogP contribution in [0.4, 0.5) is 0 Å². The number of hydrogen-bond donors (Lipinski definition) is 0. The van der Waals surface area contributed by atoms with Crippen molar-refractivity contribution in [2.24, 2.45) is 5.41 Å². The Morgan fingerprint density at radius 2 is 1.42 bits per heavy atom. The van der Waals surface area contributed by atoms with Gasteiger partial charge < -0.3 is 14.4 Å². The molecule has 0 saturated heterocycles. The molecule has 4 aromatic carbocycles. The minimum Gasteiger partial charge on any atom is -0.500 e. The van der Waals surface area contributed by atoms with Crippen LogP contribution in [0.2, 0.25) is 19.6 Å². The third kappa shape index (κ3) is 8.65. The van der Waals surface area contributed by atoms with Gasteiger partial charge in [-0.05, 0) is 52.5 Å². The summed E-state index contributed by atoms with van der Waals surface area (Å²) in [5.41, 5.74) is 10.1. The molecule has 0 fully saturated rings. The summed E-state index contributed by atoms with van der Waals surface area (Å²) in [6.45, 7) is 13.9. The van der Waals surface area contributed by atoms with Gasteiger partial charge in [0.05, 0.1) is 13.7 Å². The van der Waals surface area contributed by atoms with E-state index < -0.39 is 8.07 Å². The SMILES string of the molecule is CC(C)(C)Cc1ccnc(-c2[c-]cc3oc4ccccc4c3c2)c1.C[Si](C)(C)c1cnc(-c2[c-]cccc2)cc1Cc1ccccc1.[Ir]. The van der Waals surface area contributed by atoms with Crippen molar-refractivity contribution in [2.75, 3.05) is 0 Å². The Labute approximate surface area is 299 Å². The number of rotatable bonds is 6. The van der Waals surface area contributed by atoms with Crippen LogP contribution in [0.5, 0.6) is 0 Å². The Bertz CT molecular complexity index is 2110. The van der Waals surface area contributed by atoms with E-state index in [1.165, 1.54) is 21.9 Å². The zero-order valence-electron chi connectivity index (χ0n) is 28.6. The van der Waals surface area contributed by atoms with Gasteiger partial charge >= 0.3 is 0 Å². The van der Waals surface area contributed by atoms with Crippen LogP contribution in [-0.2, 0) is 32.9 Å². The maximum absolute atomic E-state index is 5.88. The molecule has 3 nitrogen and oxygen atoms in total. The maximum atomic E-state index is 5.88. The average molecular weight is 823 g/mol. The Morgan fingerprint density at radius 3 is 2.15 bits per heavy atom. The Hall–Kier alpha value is -4.15. The summed E-state index contributed by atoms with van der Waals surface area (Å²) in [5.74, 6) is 0. The monoisotopic (exact) mass is 823 g/mol. The van der Waals surface area contributed by atoms with E-state index >= 15 is 0 Å². The van der Waals surface area contributed by atoms with Crippen molar-refractivity contribution in [3.8, 4) is 22.5 Å². The van der Waals surface area contributed by atoms with Gasteiger partial charge in [-0.25, -0.2) is 0 Å². The zero-order chi connectivity index (χ0) is 33.0. The van der Waals surface area contributed by atoms with Gasteiger partial charge in [0.2, 0.25) is 0 Å². The summed E-state index contributed by atoms with van der Waals surface area (Å²) >= 11 is 0. The molecule has 7 rings (SSSR count). The molecule has 1 radical (unpaired) electrons. The number of furan rings is 1. The van der Waals surface area contributed by atoms with E-state index in [4.69, 9.17) is 9.40 Å². The Morgan fingerprint density at radius 1 is 0.688 bits per heavy atom. The average Bonchev–Trinajstić information content (AvgIpc) is 3.43. The second-order valence-electron chi connectivity index (χ2n) is 14.4. The fourth-order valence-corrected chi connectivity index (χ4v) is 7.57. The standard InChI is InChI=1S/C22H20NO.C21H22NSi.Ir/c1-22(2,3)14-15-10-11-23-19(12-15)16-8-9-21-18(13-16)17-6-4-5-7-20(17)24-21;1-23(2,3)21-16-22-20(18-12-8-5-9-13-18)15-19(21)14-17-10-6-4-7-11-17;/h4-7,9-13H,14H2,1-3H3;4-12,15-16H,14H2,1-3H3;/q2*-1;. The van der Waals surface area contributed by atoms with Crippen LogP contribution in [0.1, 0.15) is 37.5 Å². The molecule has 0 aliphatic heterocycles. The summed E-state index contributed by atoms with van der Waals surface area (Å²) < 4.78 is 5.88. The smallest absolute Gasteiger partial charge is 0.120 e. The van der Waals surface area contributed by atoms with Gasteiger partial charge in [0.25, 0.3) is 0 Å². The van der Waals surface area contributed by atoms with E-state index in [9.17, 15) is 0 Å². The molecule has 0 saturated carbocycles. The van der Waals surface area contributed by atoms with Gasteiger partial charge in [-0.2, -0.15) is 0 Å². The number of benzene rings is 4. The topological polar surface area (TPSA) is 38.9 Å². The number of para-hydroxylation sites is 1. The van der Waals surface area contributed by atoms with Gasteiger partial charge in [-0.15, -0.1) is 59.7 Å². The van der Waals surface area contributed by atoms with Crippen LogP contribution in [-0.4, -0.2) is 18.0 Å². The third-order valence-corrected chi connectivity index (χ3v) is 10.2. The zero-order valence-corrected chi connectivity index (χ0v) is 32.0. The normalized spacial score (nSPS) is 11.5. The molecular weight excluding hydrogens is 781 g/mol. The van der Waals surface area contributed by atoms with Crippen LogP contribution in [0.3, 0.4) is 0 Å². The van der Waals surface area contributed by atoms with E-state index in [-0.39, 0.29) is 25.5 Å². The molecule has 48 heavy (non-hydrogen) atoms. The van der Waals surface area contributed by atoms with E-state index in [1.54, 1.807) is 0 Å². The minimum absolute atomic E-state index is 0. The quantitative estimate of drug-likeness (QED) is 0.124. The van der Waals surface area contributed by atoms with Crippen LogP contribution in [0.15, 0.2) is 126 Å². The molecule has 7 aromatic rings. The summed E-state index contributed by atoms with van der Waals surface area (Å²) in [7, 11) is -1.43. The minimum atomic E-state index is -1.43. The van der Waals surface area contributed by atoms with E-state index in [2.05, 4.69) is 130 Å². The number of fused-ring (bicyclic) bond motifs is 3. The summed E-state index contributed by atoms with van der Waals surface area (Å²) in [4.78, 5) is 9.27. The molecule has 3 aromatic heterocycles. The molecule has 0 spiro atoms. The van der Waals surface area contributed by atoms with Crippen molar-refractivity contribution in [2.45, 2.75) is 53.3 Å². The number of hydrogen-bond acceptors (Lipinski definition) is 3. The van der Waals surface area contributed by atoms with Gasteiger partial charge in [0.1, 0.15) is 5.58 Å². The number of aromatic nitrogens is 2. The molecule has 0 unspecified atom stereocenters. The maximum Gasteiger partial charge on any atom is 0.120 e. The van der Waals surface area contributed by atoms with Crippen molar-refractivity contribution in [1.82, 2.24) is 9.97 Å². The van der Waals surface area contributed by atoms with E-state index in [1.807, 2.05) is 48.7 Å². The summed E-state index contributed by atoms with van der Waals surface area (Å²) in [6.07, 6.45) is 5.98. The molecule has 0 aliphatic carbocycles. The second kappa shape index (κ2) is 14.9. The number of nitrogens with zero attached hydrogens (tertiary/aromatic N) is 2. The molecule has 245 valence electrons. The van der Waals surface area contributed by atoms with Crippen molar-refractivity contribution in [3.63, 3.8) is 0 Å². The van der Waals surface area contributed by atoms with Gasteiger partial charge in [0, 0.05) is 37.9 Å². The van der Waals surface area contributed by atoms with Gasteiger partial charge in [-0.1, -0.05) is 118 Å². The fraction of sp³-hybridized carbons (Fsp3) is 0.209. The molecular formula is C43H42IrN2OSi-2. The number of pyridine rings is 2. The van der Waals surface area contributed by atoms with Crippen molar-refractivity contribution in [1.29, 1.82) is 0 Å². The summed E-state index contributed by atoms with van der Waals surface area (Å²) in [6, 6.07) is 44.0. The van der Waals surface area contributed by atoms with Gasteiger partial charge in [0.15, 0.2) is 0 Å². The molecule has 0 atom stereocenters. The van der Waals surface area contributed by atoms with Crippen LogP contribution in [0, 0.1) is 17.5 Å². The van der Waals surface area contributed by atoms with Gasteiger partial charge in [-0.3, -0.25) is 0 Å². The second-order valence-corrected chi connectivity index (χ2v) is 19.5. The van der Waals surface area contributed by atoms with Crippen molar-refractivity contribution in [3.05, 3.63) is 150 Å². The first-order valence-electron chi connectivity index (χ1n) is 16.3. The first-order valence-corrected chi connectivity index (χ1v) is 19.8. The van der Waals surface area contributed by atoms with Crippen LogP contribution < -0.4 is 5.19 Å². The van der Waals surface area contributed by atoms with Crippen LogP contribution >= 0.6 is 0 Å². The molecule has 5 heteroatoms. The van der Waals surface area contributed by atoms with Crippen molar-refractivity contribution < 1.29 is 24.5 Å². The van der Waals surface area contributed by atoms with E-state index in [0.717, 1.165) is 57.3 Å². The van der Waals surface area contributed by atoms with Crippen molar-refractivity contribution >= 4 is 35.2 Å². The molecule has 0 amide bonds. The Balaban J connectivity index is 0.000000184. The molecule has 3 heterocycles. The predicted molar refractivity (Wildman–Crippen MR) is 200 cm³/mol. The first-order chi connectivity index (χ1) is 22.5. The predicted octanol–water partition coefficient (Wildman–Crippen LogP) is 10.7.